The Labute approximate surface area is 215 Å². The first kappa shape index (κ1) is 26.6. The number of aromatic nitrogens is 2. The summed E-state index contributed by atoms with van der Waals surface area (Å²) in [6, 6.07) is 12.0. The Bertz CT molecular complexity index is 1230. The molecule has 3 rings (SSSR count). The Morgan fingerprint density at radius 1 is 1.11 bits per heavy atom. The standard InChI is InChI=1S/C27H28ClN5O3/c1-4-6-21(33-27(35)22-7-5-8-23(36-3)18(22)2)13-14-29-25-12-10-20(17-31-25)26(34)32-16-19-9-11-24(28)30-15-19/h4-5,7-12,14-15,17,21H,1,6,13,16H2,2-3H3,(H,32,34)(H,33,35). The molecule has 36 heavy (non-hydrogen) atoms. The molecular weight excluding hydrogens is 478 g/mol. The van der Waals surface area contributed by atoms with Gasteiger partial charge in [0.25, 0.3) is 11.8 Å². The normalized spacial score (nSPS) is 11.6. The summed E-state index contributed by atoms with van der Waals surface area (Å²) in [6.45, 7) is 5.96. The Morgan fingerprint density at radius 3 is 2.61 bits per heavy atom. The average Bonchev–Trinajstić information content (AvgIpc) is 2.88. The van der Waals surface area contributed by atoms with Crippen LogP contribution in [0.2, 0.25) is 5.15 Å². The molecule has 0 aliphatic rings. The summed E-state index contributed by atoms with van der Waals surface area (Å²) in [5.41, 5.74) is 2.59. The van der Waals surface area contributed by atoms with Crippen molar-refractivity contribution in [2.24, 2.45) is 4.99 Å². The van der Waals surface area contributed by atoms with Gasteiger partial charge in [-0.05, 0) is 49.2 Å². The molecule has 0 bridgehead atoms. The van der Waals surface area contributed by atoms with Gasteiger partial charge < -0.3 is 15.4 Å². The predicted molar refractivity (Wildman–Crippen MR) is 141 cm³/mol. The van der Waals surface area contributed by atoms with Gasteiger partial charge in [-0.15, -0.1) is 6.58 Å². The minimum absolute atomic E-state index is 0.184. The summed E-state index contributed by atoms with van der Waals surface area (Å²) < 4.78 is 5.31. The van der Waals surface area contributed by atoms with Gasteiger partial charge in [0.1, 0.15) is 10.9 Å². The molecule has 1 unspecified atom stereocenters. The van der Waals surface area contributed by atoms with Gasteiger partial charge in [0.15, 0.2) is 5.82 Å². The van der Waals surface area contributed by atoms with Crippen LogP contribution in [-0.2, 0) is 6.54 Å². The summed E-state index contributed by atoms with van der Waals surface area (Å²) in [4.78, 5) is 37.8. The van der Waals surface area contributed by atoms with Crippen molar-refractivity contribution in [2.45, 2.75) is 32.4 Å². The van der Waals surface area contributed by atoms with Crippen LogP contribution < -0.4 is 15.4 Å². The molecular formula is C27H28ClN5O3. The van der Waals surface area contributed by atoms with Crippen LogP contribution >= 0.6 is 11.6 Å². The number of nitrogens with one attached hydrogen (secondary N) is 2. The van der Waals surface area contributed by atoms with E-state index in [1.165, 1.54) is 6.20 Å². The Morgan fingerprint density at radius 2 is 1.94 bits per heavy atom. The van der Waals surface area contributed by atoms with E-state index >= 15 is 0 Å². The molecule has 3 aromatic rings. The van der Waals surface area contributed by atoms with E-state index in [0.29, 0.717) is 47.2 Å². The minimum Gasteiger partial charge on any atom is -0.496 e. The highest BCUT2D eigenvalue weighted by molar-refractivity contribution is 6.29. The van der Waals surface area contributed by atoms with E-state index in [1.54, 1.807) is 62.0 Å². The van der Waals surface area contributed by atoms with Gasteiger partial charge in [-0.1, -0.05) is 29.8 Å². The number of carbonyl (C=O) groups is 2. The van der Waals surface area contributed by atoms with Crippen molar-refractivity contribution in [3.05, 3.63) is 94.9 Å². The van der Waals surface area contributed by atoms with Crippen LogP contribution in [0.4, 0.5) is 5.82 Å². The first-order valence-corrected chi connectivity index (χ1v) is 11.7. The third-order valence-corrected chi connectivity index (χ3v) is 5.62. The monoisotopic (exact) mass is 505 g/mol. The van der Waals surface area contributed by atoms with Crippen LogP contribution in [0.1, 0.15) is 44.7 Å². The molecule has 8 nitrogen and oxygen atoms in total. The molecule has 0 aliphatic carbocycles. The van der Waals surface area contributed by atoms with Gasteiger partial charge in [0.2, 0.25) is 0 Å². The van der Waals surface area contributed by atoms with Crippen LogP contribution in [-0.4, -0.2) is 41.1 Å². The smallest absolute Gasteiger partial charge is 0.253 e. The zero-order chi connectivity index (χ0) is 25.9. The number of pyridine rings is 2. The zero-order valence-corrected chi connectivity index (χ0v) is 21.0. The van der Waals surface area contributed by atoms with Crippen molar-refractivity contribution in [3.8, 4) is 5.75 Å². The van der Waals surface area contributed by atoms with Crippen LogP contribution in [0.15, 0.2) is 72.5 Å². The fraction of sp³-hybridized carbons (Fsp3) is 0.222. The summed E-state index contributed by atoms with van der Waals surface area (Å²) in [6.07, 6.45) is 7.59. The van der Waals surface area contributed by atoms with Crippen LogP contribution in [0, 0.1) is 6.92 Å². The maximum Gasteiger partial charge on any atom is 0.253 e. The zero-order valence-electron chi connectivity index (χ0n) is 20.2. The maximum atomic E-state index is 12.8. The number of carbonyl (C=O) groups excluding carboxylic acids is 2. The van der Waals surface area contributed by atoms with Crippen LogP contribution in [0.25, 0.3) is 0 Å². The molecule has 0 saturated carbocycles. The van der Waals surface area contributed by atoms with E-state index in [2.05, 4.69) is 32.2 Å². The average molecular weight is 506 g/mol. The lowest BCUT2D eigenvalue weighted by molar-refractivity contribution is 0.0933. The van der Waals surface area contributed by atoms with Gasteiger partial charge >= 0.3 is 0 Å². The first-order chi connectivity index (χ1) is 17.4. The molecule has 0 saturated heterocycles. The van der Waals surface area contributed by atoms with Crippen molar-refractivity contribution in [1.82, 2.24) is 20.6 Å². The second-order valence-electron chi connectivity index (χ2n) is 7.95. The highest BCUT2D eigenvalue weighted by atomic mass is 35.5. The Hall–Kier alpha value is -4.04. The molecule has 0 aliphatic heterocycles. The van der Waals surface area contributed by atoms with Gasteiger partial charge in [-0.3, -0.25) is 9.59 Å². The molecule has 2 N–H and O–H groups in total. The number of aliphatic imine (C=N–C) groups is 1. The maximum absolute atomic E-state index is 12.8. The van der Waals surface area contributed by atoms with Crippen molar-refractivity contribution in [1.29, 1.82) is 0 Å². The lowest BCUT2D eigenvalue weighted by atomic mass is 10.1. The van der Waals surface area contributed by atoms with E-state index in [-0.39, 0.29) is 17.9 Å². The number of methoxy groups -OCH3 is 1. The quantitative estimate of drug-likeness (QED) is 0.220. The highest BCUT2D eigenvalue weighted by Crippen LogP contribution is 2.21. The molecule has 2 amide bonds. The Kier molecular flexibility index (Phi) is 9.71. The molecule has 186 valence electrons. The Balaban J connectivity index is 1.55. The number of rotatable bonds is 11. The predicted octanol–water partition coefficient (Wildman–Crippen LogP) is 4.84. The topological polar surface area (TPSA) is 106 Å². The van der Waals surface area contributed by atoms with Gasteiger partial charge in [0.05, 0.1) is 12.7 Å². The summed E-state index contributed by atoms with van der Waals surface area (Å²) in [5, 5.41) is 6.23. The summed E-state index contributed by atoms with van der Waals surface area (Å²) in [5.74, 6) is 0.680. The fourth-order valence-electron chi connectivity index (χ4n) is 3.43. The lowest BCUT2D eigenvalue weighted by Crippen LogP contribution is -2.35. The van der Waals surface area contributed by atoms with E-state index in [4.69, 9.17) is 16.3 Å². The summed E-state index contributed by atoms with van der Waals surface area (Å²) in [7, 11) is 1.58. The molecule has 0 fully saturated rings. The summed E-state index contributed by atoms with van der Waals surface area (Å²) >= 11 is 5.77. The van der Waals surface area contributed by atoms with E-state index in [0.717, 1.165) is 11.1 Å². The van der Waals surface area contributed by atoms with Crippen LogP contribution in [0.3, 0.4) is 0 Å². The number of halogens is 1. The van der Waals surface area contributed by atoms with Crippen molar-refractivity contribution >= 4 is 35.4 Å². The number of ether oxygens (including phenoxy) is 1. The van der Waals surface area contributed by atoms with Crippen molar-refractivity contribution in [2.75, 3.05) is 7.11 Å². The third kappa shape index (κ3) is 7.48. The first-order valence-electron chi connectivity index (χ1n) is 11.3. The highest BCUT2D eigenvalue weighted by Gasteiger charge is 2.16. The number of hydrogen-bond acceptors (Lipinski definition) is 6. The molecule has 1 atom stereocenters. The number of nitrogens with zero attached hydrogens (tertiary/aromatic N) is 3. The molecule has 0 spiro atoms. The molecule has 1 aromatic carbocycles. The number of hydrogen-bond donors (Lipinski definition) is 2. The number of amides is 2. The van der Waals surface area contributed by atoms with Gasteiger partial charge in [-0.2, -0.15) is 0 Å². The van der Waals surface area contributed by atoms with Crippen molar-refractivity contribution in [3.63, 3.8) is 0 Å². The fourth-order valence-corrected chi connectivity index (χ4v) is 3.54. The van der Waals surface area contributed by atoms with Crippen molar-refractivity contribution < 1.29 is 14.3 Å². The third-order valence-electron chi connectivity index (χ3n) is 5.40. The minimum atomic E-state index is -0.255. The molecule has 0 radical (unpaired) electrons. The molecule has 2 heterocycles. The van der Waals surface area contributed by atoms with E-state index < -0.39 is 0 Å². The van der Waals surface area contributed by atoms with Gasteiger partial charge in [0, 0.05) is 48.7 Å². The lowest BCUT2D eigenvalue weighted by Gasteiger charge is -2.17. The van der Waals surface area contributed by atoms with E-state index in [1.807, 2.05) is 13.0 Å². The number of benzene rings is 1. The SMILES string of the molecule is C=CCC(CC=Nc1ccc(C(=O)NCc2ccc(Cl)nc2)cn1)NC(=O)c1cccc(OC)c1C. The second-order valence-corrected chi connectivity index (χ2v) is 8.34. The molecule has 9 heteroatoms. The van der Waals surface area contributed by atoms with E-state index in [9.17, 15) is 9.59 Å². The largest absolute Gasteiger partial charge is 0.496 e. The van der Waals surface area contributed by atoms with Crippen LogP contribution in [0.5, 0.6) is 5.75 Å². The second kappa shape index (κ2) is 13.2. The molecule has 2 aromatic heterocycles. The van der Waals surface area contributed by atoms with Gasteiger partial charge in [-0.25, -0.2) is 15.0 Å².